The zero-order valence-electron chi connectivity index (χ0n) is 15.9. The number of hydrogen-bond acceptors (Lipinski definition) is 3. The Hall–Kier alpha value is -3.28. The average molecular weight is 381 g/mol. The summed E-state index contributed by atoms with van der Waals surface area (Å²) >= 11 is 0. The Balaban J connectivity index is 1.66. The Morgan fingerprint density at radius 1 is 0.964 bits per heavy atom. The molecule has 1 heterocycles. The maximum absolute atomic E-state index is 13.7. The molecule has 3 aromatic rings. The monoisotopic (exact) mass is 381 g/mol. The number of nitrogens with one attached hydrogen (secondary N) is 2. The summed E-state index contributed by atoms with van der Waals surface area (Å²) in [6.45, 7) is 6.34. The van der Waals surface area contributed by atoms with Crippen molar-refractivity contribution in [1.29, 1.82) is 0 Å². The number of carbonyl (C=O) groups excluding carboxylic acids is 1. The lowest BCUT2D eigenvalue weighted by atomic mass is 9.87. The smallest absolute Gasteiger partial charge is 0.255 e. The lowest BCUT2D eigenvalue weighted by Crippen LogP contribution is -2.14. The van der Waals surface area contributed by atoms with E-state index in [4.69, 9.17) is 0 Å². The number of nitrogens with zero attached hydrogens (tertiary/aromatic N) is 1. The third-order valence-corrected chi connectivity index (χ3v) is 4.23. The van der Waals surface area contributed by atoms with E-state index in [1.807, 2.05) is 12.1 Å². The molecule has 1 amide bonds. The first-order valence-electron chi connectivity index (χ1n) is 8.82. The van der Waals surface area contributed by atoms with Crippen LogP contribution in [-0.2, 0) is 5.41 Å². The van der Waals surface area contributed by atoms with Gasteiger partial charge in [-0.2, -0.15) is 0 Å². The minimum atomic E-state index is -0.710. The highest BCUT2D eigenvalue weighted by atomic mass is 19.1. The van der Waals surface area contributed by atoms with Crippen molar-refractivity contribution in [2.45, 2.75) is 26.2 Å². The zero-order valence-corrected chi connectivity index (χ0v) is 15.9. The van der Waals surface area contributed by atoms with E-state index in [-0.39, 0.29) is 17.0 Å². The largest absolute Gasteiger partial charge is 0.338 e. The molecule has 6 heteroatoms. The third kappa shape index (κ3) is 4.71. The molecule has 2 aromatic carbocycles. The quantitative estimate of drug-likeness (QED) is 0.614. The van der Waals surface area contributed by atoms with Crippen LogP contribution in [0.4, 0.5) is 26.0 Å². The number of benzene rings is 2. The highest BCUT2D eigenvalue weighted by Gasteiger charge is 2.14. The Morgan fingerprint density at radius 3 is 2.25 bits per heavy atom. The van der Waals surface area contributed by atoms with Crippen molar-refractivity contribution in [2.75, 3.05) is 10.6 Å². The minimum Gasteiger partial charge on any atom is -0.338 e. The molecule has 0 aliphatic heterocycles. The summed E-state index contributed by atoms with van der Waals surface area (Å²) in [6, 6.07) is 14.0. The minimum absolute atomic E-state index is 0.0196. The molecule has 0 aliphatic carbocycles. The number of amides is 1. The van der Waals surface area contributed by atoms with E-state index in [0.29, 0.717) is 17.1 Å². The van der Waals surface area contributed by atoms with Gasteiger partial charge in [0.2, 0.25) is 0 Å². The van der Waals surface area contributed by atoms with Crippen molar-refractivity contribution >= 4 is 23.1 Å². The summed E-state index contributed by atoms with van der Waals surface area (Å²) < 4.78 is 26.6. The predicted molar refractivity (Wildman–Crippen MR) is 107 cm³/mol. The van der Waals surface area contributed by atoms with Gasteiger partial charge in [-0.15, -0.1) is 0 Å². The van der Waals surface area contributed by atoms with E-state index < -0.39 is 11.6 Å². The first-order valence-corrected chi connectivity index (χ1v) is 8.82. The van der Waals surface area contributed by atoms with Crippen molar-refractivity contribution in [3.05, 3.63) is 83.6 Å². The number of anilines is 3. The number of rotatable bonds is 4. The van der Waals surface area contributed by atoms with Crippen LogP contribution in [-0.4, -0.2) is 10.9 Å². The first-order chi connectivity index (χ1) is 13.2. The molecule has 0 fully saturated rings. The summed E-state index contributed by atoms with van der Waals surface area (Å²) in [6.07, 6.45) is 1.46. The molecule has 2 N–H and O–H groups in total. The molecule has 0 atom stereocenters. The van der Waals surface area contributed by atoms with Crippen molar-refractivity contribution in [1.82, 2.24) is 4.98 Å². The molecular formula is C22H21F2N3O. The lowest BCUT2D eigenvalue weighted by Gasteiger charge is -2.19. The maximum Gasteiger partial charge on any atom is 0.255 e. The van der Waals surface area contributed by atoms with Gasteiger partial charge in [-0.3, -0.25) is 4.79 Å². The van der Waals surface area contributed by atoms with Gasteiger partial charge < -0.3 is 10.6 Å². The van der Waals surface area contributed by atoms with Crippen LogP contribution in [0, 0.1) is 11.6 Å². The van der Waals surface area contributed by atoms with Gasteiger partial charge in [0.1, 0.15) is 17.5 Å². The fourth-order valence-electron chi connectivity index (χ4n) is 2.60. The van der Waals surface area contributed by atoms with Crippen LogP contribution in [0.3, 0.4) is 0 Å². The van der Waals surface area contributed by atoms with Crippen LogP contribution in [0.2, 0.25) is 0 Å². The van der Waals surface area contributed by atoms with Crippen LogP contribution in [0.5, 0.6) is 0 Å². The van der Waals surface area contributed by atoms with Gasteiger partial charge in [-0.1, -0.05) is 32.9 Å². The molecule has 0 radical (unpaired) electrons. The van der Waals surface area contributed by atoms with Crippen LogP contribution >= 0.6 is 0 Å². The summed E-state index contributed by atoms with van der Waals surface area (Å²) in [4.78, 5) is 16.5. The van der Waals surface area contributed by atoms with Crippen molar-refractivity contribution < 1.29 is 13.6 Å². The number of aromatic nitrogens is 1. The topological polar surface area (TPSA) is 54.0 Å². The first kappa shape index (κ1) is 19.5. The van der Waals surface area contributed by atoms with E-state index in [9.17, 15) is 13.6 Å². The summed E-state index contributed by atoms with van der Waals surface area (Å²) in [5, 5.41) is 5.54. The summed E-state index contributed by atoms with van der Waals surface area (Å²) in [5.74, 6) is -1.23. The highest BCUT2D eigenvalue weighted by molar-refractivity contribution is 6.04. The Morgan fingerprint density at radius 2 is 1.68 bits per heavy atom. The fourth-order valence-corrected chi connectivity index (χ4v) is 2.60. The normalized spacial score (nSPS) is 11.2. The summed E-state index contributed by atoms with van der Waals surface area (Å²) in [7, 11) is 0. The van der Waals surface area contributed by atoms with Gasteiger partial charge in [0.05, 0.1) is 17.6 Å². The molecule has 1 aromatic heterocycles. The SMILES string of the molecule is CC(C)(C)c1ccc(C(=O)Nc2ccc(Nc3ccc(F)cc3F)nc2)cc1. The fraction of sp³-hybridized carbons (Fsp3) is 0.182. The van der Waals surface area contributed by atoms with E-state index >= 15 is 0 Å². The van der Waals surface area contributed by atoms with Crippen LogP contribution in [0.1, 0.15) is 36.7 Å². The van der Waals surface area contributed by atoms with Gasteiger partial charge in [0, 0.05) is 11.6 Å². The molecule has 0 aliphatic rings. The Labute approximate surface area is 162 Å². The number of carbonyl (C=O) groups is 1. The molecular weight excluding hydrogens is 360 g/mol. The molecule has 0 unspecified atom stereocenters. The van der Waals surface area contributed by atoms with Gasteiger partial charge in [-0.05, 0) is 47.4 Å². The van der Waals surface area contributed by atoms with Gasteiger partial charge in [0.25, 0.3) is 5.91 Å². The van der Waals surface area contributed by atoms with Crippen molar-refractivity contribution in [3.8, 4) is 0 Å². The molecule has 144 valence electrons. The standard InChI is InChI=1S/C22H21F2N3O/c1-22(2,3)15-6-4-14(5-7-15)21(28)26-17-9-11-20(25-13-17)27-19-10-8-16(23)12-18(19)24/h4-13H,1-3H3,(H,25,27)(H,26,28). The maximum atomic E-state index is 13.7. The second kappa shape index (κ2) is 7.76. The Kier molecular flexibility index (Phi) is 5.40. The number of hydrogen-bond donors (Lipinski definition) is 2. The average Bonchev–Trinajstić information content (AvgIpc) is 2.65. The molecule has 0 spiro atoms. The van der Waals surface area contributed by atoms with Crippen molar-refractivity contribution in [2.24, 2.45) is 0 Å². The predicted octanol–water partition coefficient (Wildman–Crippen LogP) is 5.65. The molecule has 0 saturated carbocycles. The van der Waals surface area contributed by atoms with Crippen molar-refractivity contribution in [3.63, 3.8) is 0 Å². The zero-order chi connectivity index (χ0) is 20.3. The summed E-state index contributed by atoms with van der Waals surface area (Å²) in [5.41, 5.74) is 2.34. The number of pyridine rings is 1. The third-order valence-electron chi connectivity index (χ3n) is 4.23. The Bertz CT molecular complexity index is 978. The number of halogens is 2. The molecule has 0 bridgehead atoms. The van der Waals surface area contributed by atoms with E-state index in [1.54, 1.807) is 24.3 Å². The molecule has 3 rings (SSSR count). The second-order valence-electron chi connectivity index (χ2n) is 7.46. The molecule has 28 heavy (non-hydrogen) atoms. The molecule has 0 saturated heterocycles. The van der Waals surface area contributed by atoms with E-state index in [1.165, 1.54) is 12.3 Å². The van der Waals surface area contributed by atoms with E-state index in [2.05, 4.69) is 36.4 Å². The lowest BCUT2D eigenvalue weighted by molar-refractivity contribution is 0.102. The second-order valence-corrected chi connectivity index (χ2v) is 7.46. The van der Waals surface area contributed by atoms with Crippen LogP contribution in [0.25, 0.3) is 0 Å². The highest BCUT2D eigenvalue weighted by Crippen LogP contribution is 2.23. The van der Waals surface area contributed by atoms with Gasteiger partial charge in [-0.25, -0.2) is 13.8 Å². The van der Waals surface area contributed by atoms with Crippen LogP contribution in [0.15, 0.2) is 60.8 Å². The van der Waals surface area contributed by atoms with Gasteiger partial charge >= 0.3 is 0 Å². The van der Waals surface area contributed by atoms with Gasteiger partial charge in [0.15, 0.2) is 0 Å². The molecule has 4 nitrogen and oxygen atoms in total. The van der Waals surface area contributed by atoms with E-state index in [0.717, 1.165) is 17.7 Å². The van der Waals surface area contributed by atoms with Crippen LogP contribution < -0.4 is 10.6 Å².